The number of nitrogens with zero attached hydrogens (tertiary/aromatic N) is 1. The molecule has 104 valence electrons. The van der Waals surface area contributed by atoms with E-state index in [2.05, 4.69) is 0 Å². The van der Waals surface area contributed by atoms with Crippen molar-refractivity contribution in [1.29, 1.82) is 0 Å². The van der Waals surface area contributed by atoms with Crippen LogP contribution in [0.4, 0.5) is 0 Å². The molecule has 0 aliphatic carbocycles. The van der Waals surface area contributed by atoms with E-state index in [0.717, 1.165) is 16.7 Å². The molecular weight excluding hydrogens is 262 g/mol. The highest BCUT2D eigenvalue weighted by atomic mass is 32.2. The number of aryl methyl sites for hydroxylation is 3. The molecule has 5 heteroatoms. The molecule has 0 atom stereocenters. The first-order valence-electron chi connectivity index (χ1n) is 6.40. The molecule has 1 aromatic rings. The SMILES string of the molecule is Cc1cc(C)c(C(=O)CN2CCCS2(=O)=O)c(C)c1. The van der Waals surface area contributed by atoms with Crippen molar-refractivity contribution in [2.75, 3.05) is 18.8 Å². The molecule has 4 nitrogen and oxygen atoms in total. The lowest BCUT2D eigenvalue weighted by molar-refractivity contribution is 0.0968. The molecule has 0 bridgehead atoms. The number of hydrogen-bond acceptors (Lipinski definition) is 3. The van der Waals surface area contributed by atoms with Gasteiger partial charge in [0.1, 0.15) is 0 Å². The van der Waals surface area contributed by atoms with Crippen molar-refractivity contribution in [3.63, 3.8) is 0 Å². The Labute approximate surface area is 114 Å². The van der Waals surface area contributed by atoms with Crippen LogP contribution < -0.4 is 0 Å². The molecule has 0 amide bonds. The zero-order valence-electron chi connectivity index (χ0n) is 11.6. The standard InChI is InChI=1S/C14H19NO3S/c1-10-7-11(2)14(12(3)8-10)13(16)9-15-5-4-6-19(15,17)18/h7-8H,4-6,9H2,1-3H3. The van der Waals surface area contributed by atoms with Crippen molar-refractivity contribution in [2.45, 2.75) is 27.2 Å². The largest absolute Gasteiger partial charge is 0.293 e. The van der Waals surface area contributed by atoms with Crippen LogP contribution in [0.25, 0.3) is 0 Å². The number of rotatable bonds is 3. The first-order valence-corrected chi connectivity index (χ1v) is 8.01. The van der Waals surface area contributed by atoms with Gasteiger partial charge >= 0.3 is 0 Å². The van der Waals surface area contributed by atoms with Gasteiger partial charge in [0, 0.05) is 12.1 Å². The van der Waals surface area contributed by atoms with Gasteiger partial charge in [-0.3, -0.25) is 4.79 Å². The van der Waals surface area contributed by atoms with Crippen molar-refractivity contribution in [2.24, 2.45) is 0 Å². The maximum Gasteiger partial charge on any atom is 0.214 e. The molecule has 0 aromatic heterocycles. The predicted molar refractivity (Wildman–Crippen MR) is 75.0 cm³/mol. The second-order valence-electron chi connectivity index (χ2n) is 5.20. The molecule has 0 N–H and O–H groups in total. The number of benzene rings is 1. The number of ketones is 1. The fourth-order valence-electron chi connectivity index (χ4n) is 2.73. The average Bonchev–Trinajstić information content (AvgIpc) is 2.56. The average molecular weight is 281 g/mol. The maximum atomic E-state index is 12.3. The third-order valence-corrected chi connectivity index (χ3v) is 5.38. The van der Waals surface area contributed by atoms with Gasteiger partial charge in [0.2, 0.25) is 10.0 Å². The van der Waals surface area contributed by atoms with E-state index in [0.29, 0.717) is 18.5 Å². The van der Waals surface area contributed by atoms with E-state index in [-0.39, 0.29) is 18.1 Å². The second-order valence-corrected chi connectivity index (χ2v) is 7.29. The van der Waals surface area contributed by atoms with E-state index in [1.165, 1.54) is 4.31 Å². The minimum Gasteiger partial charge on any atom is -0.293 e. The number of carbonyl (C=O) groups is 1. The lowest BCUT2D eigenvalue weighted by Gasteiger charge is -2.16. The van der Waals surface area contributed by atoms with Crippen LogP contribution in [0, 0.1) is 20.8 Å². The van der Waals surface area contributed by atoms with Gasteiger partial charge in [-0.2, -0.15) is 4.31 Å². The smallest absolute Gasteiger partial charge is 0.214 e. The van der Waals surface area contributed by atoms with Gasteiger partial charge in [-0.25, -0.2) is 8.42 Å². The van der Waals surface area contributed by atoms with Gasteiger partial charge in [0.05, 0.1) is 12.3 Å². The minimum absolute atomic E-state index is 0.0346. The molecule has 0 radical (unpaired) electrons. The van der Waals surface area contributed by atoms with Crippen LogP contribution in [0.2, 0.25) is 0 Å². The molecule has 0 spiro atoms. The van der Waals surface area contributed by atoms with E-state index < -0.39 is 10.0 Å². The summed E-state index contributed by atoms with van der Waals surface area (Å²) in [6.07, 6.45) is 0.613. The van der Waals surface area contributed by atoms with Crippen LogP contribution in [0.5, 0.6) is 0 Å². The molecule has 1 aliphatic rings. The highest BCUT2D eigenvalue weighted by Crippen LogP contribution is 2.19. The van der Waals surface area contributed by atoms with Crippen LogP contribution in [-0.4, -0.2) is 37.3 Å². The molecule has 1 fully saturated rings. The Balaban J connectivity index is 2.26. The fraction of sp³-hybridized carbons (Fsp3) is 0.500. The summed E-state index contributed by atoms with van der Waals surface area (Å²) >= 11 is 0. The van der Waals surface area contributed by atoms with E-state index >= 15 is 0 Å². The van der Waals surface area contributed by atoms with Gasteiger partial charge in [0.25, 0.3) is 0 Å². The highest BCUT2D eigenvalue weighted by molar-refractivity contribution is 7.89. The molecular formula is C14H19NO3S. The number of Topliss-reactive ketones (excluding diaryl/α,β-unsaturated/α-hetero) is 1. The summed E-state index contributed by atoms with van der Waals surface area (Å²) in [5, 5.41) is 0. The van der Waals surface area contributed by atoms with Crippen molar-refractivity contribution in [3.8, 4) is 0 Å². The fourth-order valence-corrected chi connectivity index (χ4v) is 4.20. The van der Waals surface area contributed by atoms with Crippen molar-refractivity contribution in [1.82, 2.24) is 4.31 Å². The van der Waals surface area contributed by atoms with Crippen LogP contribution in [0.1, 0.15) is 33.5 Å². The van der Waals surface area contributed by atoms with Crippen LogP contribution >= 0.6 is 0 Å². The maximum absolute atomic E-state index is 12.3. The Morgan fingerprint density at radius 1 is 1.21 bits per heavy atom. The quantitative estimate of drug-likeness (QED) is 0.794. The first-order chi connectivity index (χ1) is 8.81. The topological polar surface area (TPSA) is 54.5 Å². The minimum atomic E-state index is -3.21. The van der Waals surface area contributed by atoms with Gasteiger partial charge in [0.15, 0.2) is 5.78 Å². The molecule has 19 heavy (non-hydrogen) atoms. The third kappa shape index (κ3) is 2.87. The van der Waals surface area contributed by atoms with E-state index in [1.807, 2.05) is 32.9 Å². The normalized spacial score (nSPS) is 18.7. The molecule has 1 heterocycles. The molecule has 1 aliphatic heterocycles. The summed E-state index contributed by atoms with van der Waals surface area (Å²) in [6.45, 7) is 6.20. The van der Waals surface area contributed by atoms with Crippen LogP contribution in [-0.2, 0) is 10.0 Å². The zero-order chi connectivity index (χ0) is 14.2. The van der Waals surface area contributed by atoms with Gasteiger partial charge in [-0.1, -0.05) is 17.7 Å². The number of hydrogen-bond donors (Lipinski definition) is 0. The first kappa shape index (κ1) is 14.2. The molecule has 0 saturated carbocycles. The Hall–Kier alpha value is -1.20. The van der Waals surface area contributed by atoms with Crippen molar-refractivity contribution >= 4 is 15.8 Å². The Bertz CT molecular complexity index is 597. The Morgan fingerprint density at radius 2 is 1.79 bits per heavy atom. The monoisotopic (exact) mass is 281 g/mol. The zero-order valence-corrected chi connectivity index (χ0v) is 12.4. The molecule has 2 rings (SSSR count). The molecule has 1 aromatic carbocycles. The molecule has 1 saturated heterocycles. The van der Waals surface area contributed by atoms with E-state index in [4.69, 9.17) is 0 Å². The lowest BCUT2D eigenvalue weighted by atomic mass is 9.96. The van der Waals surface area contributed by atoms with Crippen molar-refractivity contribution in [3.05, 3.63) is 34.4 Å². The van der Waals surface area contributed by atoms with Crippen molar-refractivity contribution < 1.29 is 13.2 Å². The summed E-state index contributed by atoms with van der Waals surface area (Å²) in [5.74, 6) is 0.0482. The lowest BCUT2D eigenvalue weighted by Crippen LogP contribution is -2.32. The third-order valence-electron chi connectivity index (χ3n) is 3.48. The molecule has 0 unspecified atom stereocenters. The second kappa shape index (κ2) is 5.06. The highest BCUT2D eigenvalue weighted by Gasteiger charge is 2.30. The van der Waals surface area contributed by atoms with Crippen LogP contribution in [0.3, 0.4) is 0 Å². The summed E-state index contributed by atoms with van der Waals surface area (Å²) in [7, 11) is -3.21. The van der Waals surface area contributed by atoms with Gasteiger partial charge in [-0.05, 0) is 38.3 Å². The van der Waals surface area contributed by atoms with Gasteiger partial charge < -0.3 is 0 Å². The van der Waals surface area contributed by atoms with Gasteiger partial charge in [-0.15, -0.1) is 0 Å². The summed E-state index contributed by atoms with van der Waals surface area (Å²) in [6, 6.07) is 3.91. The number of carbonyl (C=O) groups excluding carboxylic acids is 1. The van der Waals surface area contributed by atoms with Crippen LogP contribution in [0.15, 0.2) is 12.1 Å². The number of sulfonamides is 1. The van der Waals surface area contributed by atoms with E-state index in [1.54, 1.807) is 0 Å². The Morgan fingerprint density at radius 3 is 2.26 bits per heavy atom. The van der Waals surface area contributed by atoms with E-state index in [9.17, 15) is 13.2 Å². The summed E-state index contributed by atoms with van der Waals surface area (Å²) in [5.41, 5.74) is 3.60. The Kier molecular flexibility index (Phi) is 3.78. The predicted octanol–water partition coefficient (Wildman–Crippen LogP) is 1.83. The summed E-state index contributed by atoms with van der Waals surface area (Å²) in [4.78, 5) is 12.3. The summed E-state index contributed by atoms with van der Waals surface area (Å²) < 4.78 is 24.8.